The number of rotatable bonds is 4. The van der Waals surface area contributed by atoms with Crippen LogP contribution < -0.4 is 11.1 Å². The summed E-state index contributed by atoms with van der Waals surface area (Å²) in [4.78, 5) is 20.2. The van der Waals surface area contributed by atoms with E-state index in [9.17, 15) is 22.4 Å². The van der Waals surface area contributed by atoms with Crippen molar-refractivity contribution in [2.24, 2.45) is 10.7 Å². The summed E-state index contributed by atoms with van der Waals surface area (Å²) in [7, 11) is 1.46. The van der Waals surface area contributed by atoms with Gasteiger partial charge in [0.05, 0.1) is 16.8 Å². The zero-order valence-electron chi connectivity index (χ0n) is 16.6. The van der Waals surface area contributed by atoms with Crippen LogP contribution in [0.15, 0.2) is 59.7 Å². The fourth-order valence-electron chi connectivity index (χ4n) is 3.07. The maximum absolute atomic E-state index is 13.6. The third-order valence-corrected chi connectivity index (χ3v) is 4.56. The zero-order valence-corrected chi connectivity index (χ0v) is 16.6. The molecule has 0 atom stereocenters. The Hall–Kier alpha value is -3.75. The predicted molar refractivity (Wildman–Crippen MR) is 112 cm³/mol. The highest BCUT2D eigenvalue weighted by Crippen LogP contribution is 2.36. The molecule has 3 rings (SSSR count). The highest BCUT2D eigenvalue weighted by molar-refractivity contribution is 6.47. The SMILES string of the molecule is CN=C(C=CN)C(=O)Nc1ccc(-c2ccc3cc(F)cc(C(F)(F)F)c3n2)cc1C. The van der Waals surface area contributed by atoms with E-state index in [0.717, 1.165) is 6.07 Å². The van der Waals surface area contributed by atoms with Gasteiger partial charge in [-0.15, -0.1) is 0 Å². The van der Waals surface area contributed by atoms with Gasteiger partial charge in [0, 0.05) is 23.7 Å². The van der Waals surface area contributed by atoms with Crippen LogP contribution in [0.4, 0.5) is 23.2 Å². The van der Waals surface area contributed by atoms with E-state index in [0.29, 0.717) is 22.9 Å². The van der Waals surface area contributed by atoms with E-state index < -0.39 is 23.5 Å². The van der Waals surface area contributed by atoms with Crippen molar-refractivity contribution in [1.82, 2.24) is 4.98 Å². The minimum Gasteiger partial charge on any atom is -0.405 e. The van der Waals surface area contributed by atoms with E-state index in [2.05, 4.69) is 15.3 Å². The van der Waals surface area contributed by atoms with Crippen molar-refractivity contribution in [2.45, 2.75) is 13.1 Å². The van der Waals surface area contributed by atoms with Crippen molar-refractivity contribution in [3.8, 4) is 11.3 Å². The first-order valence-electron chi connectivity index (χ1n) is 9.09. The van der Waals surface area contributed by atoms with Crippen molar-refractivity contribution >= 4 is 28.2 Å². The number of nitrogens with two attached hydrogens (primary N) is 1. The first-order valence-corrected chi connectivity index (χ1v) is 9.09. The topological polar surface area (TPSA) is 80.4 Å². The second kappa shape index (κ2) is 8.55. The van der Waals surface area contributed by atoms with E-state index in [1.165, 1.54) is 31.5 Å². The van der Waals surface area contributed by atoms with Crippen molar-refractivity contribution in [3.05, 3.63) is 71.7 Å². The average molecular weight is 430 g/mol. The van der Waals surface area contributed by atoms with Crippen LogP contribution in [0.5, 0.6) is 0 Å². The van der Waals surface area contributed by atoms with Crippen molar-refractivity contribution in [1.29, 1.82) is 0 Å². The summed E-state index contributed by atoms with van der Waals surface area (Å²) in [5, 5.41) is 2.75. The number of aryl methyl sites for hydroxylation is 1. The van der Waals surface area contributed by atoms with Gasteiger partial charge in [-0.3, -0.25) is 9.79 Å². The highest BCUT2D eigenvalue weighted by atomic mass is 19.4. The maximum atomic E-state index is 13.6. The summed E-state index contributed by atoms with van der Waals surface area (Å²) in [5.41, 5.74) is 5.95. The summed E-state index contributed by atoms with van der Waals surface area (Å²) in [6, 6.07) is 9.27. The van der Waals surface area contributed by atoms with Crippen molar-refractivity contribution in [2.75, 3.05) is 12.4 Å². The molecule has 3 aromatic rings. The number of hydrogen-bond donors (Lipinski definition) is 2. The molecule has 1 aromatic heterocycles. The lowest BCUT2D eigenvalue weighted by Gasteiger charge is -2.13. The summed E-state index contributed by atoms with van der Waals surface area (Å²) in [6.07, 6.45) is -2.18. The molecule has 0 saturated carbocycles. The minimum absolute atomic E-state index is 0.0519. The second-order valence-corrected chi connectivity index (χ2v) is 6.67. The number of amides is 1. The smallest absolute Gasteiger partial charge is 0.405 e. The Morgan fingerprint density at radius 3 is 2.52 bits per heavy atom. The number of fused-ring (bicyclic) bond motifs is 1. The van der Waals surface area contributed by atoms with E-state index in [4.69, 9.17) is 5.73 Å². The lowest BCUT2D eigenvalue weighted by atomic mass is 10.0. The largest absolute Gasteiger partial charge is 0.418 e. The first kappa shape index (κ1) is 21.9. The fraction of sp³-hybridized carbons (Fsp3) is 0.136. The molecule has 2 aromatic carbocycles. The molecule has 1 heterocycles. The Morgan fingerprint density at radius 2 is 1.90 bits per heavy atom. The Labute approximate surface area is 175 Å². The number of anilines is 1. The summed E-state index contributed by atoms with van der Waals surface area (Å²) < 4.78 is 53.7. The molecule has 0 spiro atoms. The fourth-order valence-corrected chi connectivity index (χ4v) is 3.07. The molecule has 0 aliphatic rings. The molecule has 0 aliphatic heterocycles. The molecule has 0 fully saturated rings. The third-order valence-electron chi connectivity index (χ3n) is 4.56. The zero-order chi connectivity index (χ0) is 22.8. The Morgan fingerprint density at radius 1 is 1.16 bits per heavy atom. The predicted octanol–water partition coefficient (Wildman–Crippen LogP) is 4.85. The first-order chi connectivity index (χ1) is 14.6. The molecule has 0 radical (unpaired) electrons. The van der Waals surface area contributed by atoms with Gasteiger partial charge in [-0.2, -0.15) is 13.2 Å². The molecule has 160 valence electrons. The van der Waals surface area contributed by atoms with Crippen molar-refractivity contribution in [3.63, 3.8) is 0 Å². The van der Waals surface area contributed by atoms with Gasteiger partial charge in [-0.25, -0.2) is 9.37 Å². The molecular formula is C22H18F4N4O. The standard InChI is InChI=1S/C22H18F4N4O/c1-12-9-13(3-5-17(12)30-21(31)19(28-2)7-8-27)18-6-4-14-10-15(23)11-16(20(14)29-18)22(24,25)26/h3-11H,27H2,1-2H3,(H,30,31). The summed E-state index contributed by atoms with van der Waals surface area (Å²) >= 11 is 0. The Kier molecular flexibility index (Phi) is 6.05. The van der Waals surface area contributed by atoms with Gasteiger partial charge >= 0.3 is 6.18 Å². The Bertz CT molecular complexity index is 1220. The van der Waals surface area contributed by atoms with E-state index in [1.807, 2.05) is 0 Å². The highest BCUT2D eigenvalue weighted by Gasteiger charge is 2.34. The maximum Gasteiger partial charge on any atom is 0.418 e. The summed E-state index contributed by atoms with van der Waals surface area (Å²) in [5.74, 6) is -1.44. The van der Waals surface area contributed by atoms with Gasteiger partial charge in [0.2, 0.25) is 0 Å². The van der Waals surface area contributed by atoms with Gasteiger partial charge in [0.1, 0.15) is 11.5 Å². The number of hydrogen-bond acceptors (Lipinski definition) is 4. The number of nitrogens with zero attached hydrogens (tertiary/aromatic N) is 2. The van der Waals surface area contributed by atoms with Crippen LogP contribution in [-0.2, 0) is 11.0 Å². The lowest BCUT2D eigenvalue weighted by molar-refractivity contribution is -0.136. The van der Waals surface area contributed by atoms with Crippen LogP contribution >= 0.6 is 0 Å². The van der Waals surface area contributed by atoms with Crippen LogP contribution in [0.2, 0.25) is 0 Å². The number of benzene rings is 2. The van der Waals surface area contributed by atoms with Crippen molar-refractivity contribution < 1.29 is 22.4 Å². The molecule has 3 N–H and O–H groups in total. The number of nitrogens with one attached hydrogen (secondary N) is 1. The van der Waals surface area contributed by atoms with Crippen LogP contribution in [0, 0.1) is 12.7 Å². The van der Waals surface area contributed by atoms with Crippen LogP contribution in [0.3, 0.4) is 0 Å². The molecule has 31 heavy (non-hydrogen) atoms. The molecule has 0 saturated heterocycles. The normalized spacial score (nSPS) is 12.5. The minimum atomic E-state index is -4.74. The van der Waals surface area contributed by atoms with Gasteiger partial charge in [-0.1, -0.05) is 12.1 Å². The number of aliphatic imine (C=N–C) groups is 1. The van der Waals surface area contributed by atoms with E-state index >= 15 is 0 Å². The number of pyridine rings is 1. The van der Waals surface area contributed by atoms with Crippen LogP contribution in [0.25, 0.3) is 22.2 Å². The molecule has 0 aliphatic carbocycles. The number of aromatic nitrogens is 1. The average Bonchev–Trinajstić information content (AvgIpc) is 2.71. The number of halogens is 4. The van der Waals surface area contributed by atoms with E-state index in [-0.39, 0.29) is 22.3 Å². The number of carbonyl (C=O) groups excluding carboxylic acids is 1. The molecular weight excluding hydrogens is 412 g/mol. The quantitative estimate of drug-likeness (QED) is 0.459. The van der Waals surface area contributed by atoms with Gasteiger partial charge in [-0.05, 0) is 55.1 Å². The third kappa shape index (κ3) is 4.71. The second-order valence-electron chi connectivity index (χ2n) is 6.67. The molecule has 1 amide bonds. The van der Waals surface area contributed by atoms with Crippen LogP contribution in [0.1, 0.15) is 11.1 Å². The Balaban J connectivity index is 1.99. The molecule has 5 nitrogen and oxygen atoms in total. The molecule has 0 bridgehead atoms. The lowest BCUT2D eigenvalue weighted by Crippen LogP contribution is -2.22. The van der Waals surface area contributed by atoms with Gasteiger partial charge in [0.25, 0.3) is 5.91 Å². The monoisotopic (exact) mass is 430 g/mol. The molecule has 9 heteroatoms. The summed E-state index contributed by atoms with van der Waals surface area (Å²) in [6.45, 7) is 1.73. The number of alkyl halides is 3. The molecule has 0 unspecified atom stereocenters. The van der Waals surface area contributed by atoms with Gasteiger partial charge in [0.15, 0.2) is 0 Å². The number of carbonyl (C=O) groups is 1. The van der Waals surface area contributed by atoms with Crippen LogP contribution in [-0.4, -0.2) is 23.7 Å². The van der Waals surface area contributed by atoms with Gasteiger partial charge < -0.3 is 11.1 Å². The van der Waals surface area contributed by atoms with E-state index in [1.54, 1.807) is 25.1 Å².